The smallest absolute Gasteiger partial charge is 0.238 e. The third kappa shape index (κ3) is 3.22. The topological polar surface area (TPSA) is 32.1 Å². The van der Waals surface area contributed by atoms with Crippen molar-refractivity contribution < 1.29 is 4.79 Å². The van der Waals surface area contributed by atoms with Crippen molar-refractivity contribution in [3.05, 3.63) is 58.3 Å². The predicted molar refractivity (Wildman–Crippen MR) is 76.8 cm³/mol. The van der Waals surface area contributed by atoms with E-state index in [1.54, 1.807) is 11.3 Å². The summed E-state index contributed by atoms with van der Waals surface area (Å²) in [5.74, 6) is 0.143. The first kappa shape index (κ1) is 12.4. The van der Waals surface area contributed by atoms with Gasteiger partial charge in [0.15, 0.2) is 0 Å². The molecule has 1 N–H and O–H groups in total. The molecule has 2 heterocycles. The van der Waals surface area contributed by atoms with E-state index in [4.69, 9.17) is 0 Å². The first-order valence-electron chi connectivity index (χ1n) is 6.41. The van der Waals surface area contributed by atoms with Crippen LogP contribution in [0.4, 0.5) is 0 Å². The fourth-order valence-electron chi connectivity index (χ4n) is 2.12. The molecule has 1 saturated heterocycles. The van der Waals surface area contributed by atoms with Gasteiger partial charge in [0.1, 0.15) is 6.04 Å². The van der Waals surface area contributed by atoms with Gasteiger partial charge in [0.25, 0.3) is 0 Å². The van der Waals surface area contributed by atoms with Crippen molar-refractivity contribution in [1.82, 2.24) is 10.2 Å². The van der Waals surface area contributed by atoms with Crippen LogP contribution in [0.2, 0.25) is 0 Å². The highest BCUT2D eigenvalue weighted by atomic mass is 32.1. The molecule has 1 aliphatic heterocycles. The van der Waals surface area contributed by atoms with E-state index in [-0.39, 0.29) is 11.9 Å². The number of nitrogens with zero attached hydrogens (tertiary/aromatic N) is 1. The van der Waals surface area contributed by atoms with Gasteiger partial charge in [-0.1, -0.05) is 36.4 Å². The Labute approximate surface area is 116 Å². The molecule has 0 radical (unpaired) electrons. The quantitative estimate of drug-likeness (QED) is 0.847. The van der Waals surface area contributed by atoms with Gasteiger partial charge in [-0.05, 0) is 17.0 Å². The van der Waals surface area contributed by atoms with Crippen molar-refractivity contribution in [1.29, 1.82) is 0 Å². The number of carbonyl (C=O) groups excluding carboxylic acids is 1. The Morgan fingerprint density at radius 2 is 2.11 bits per heavy atom. The van der Waals surface area contributed by atoms with Crippen LogP contribution >= 0.6 is 11.3 Å². The van der Waals surface area contributed by atoms with Crippen LogP contribution in [0.15, 0.2) is 47.8 Å². The summed E-state index contributed by atoms with van der Waals surface area (Å²) in [6, 6.07) is 14.4. The minimum absolute atomic E-state index is 0.0557. The van der Waals surface area contributed by atoms with Crippen molar-refractivity contribution in [2.75, 3.05) is 6.54 Å². The lowest BCUT2D eigenvalue weighted by molar-refractivity contribution is -0.121. The van der Waals surface area contributed by atoms with Crippen LogP contribution in [0, 0.1) is 0 Å². The molecule has 0 saturated carbocycles. The summed E-state index contributed by atoms with van der Waals surface area (Å²) >= 11 is 1.67. The number of hydrogen-bond acceptors (Lipinski definition) is 3. The van der Waals surface area contributed by atoms with Gasteiger partial charge in [0, 0.05) is 18.0 Å². The Bertz CT molecular complexity index is 539. The first-order valence-corrected chi connectivity index (χ1v) is 7.29. The van der Waals surface area contributed by atoms with Crippen molar-refractivity contribution in [3.63, 3.8) is 0 Å². The molecule has 3 nitrogen and oxygen atoms in total. The normalized spacial score (nSPS) is 21.1. The second kappa shape index (κ2) is 5.55. The Balaban J connectivity index is 1.46. The van der Waals surface area contributed by atoms with E-state index in [1.165, 1.54) is 10.4 Å². The number of rotatable bonds is 5. The van der Waals surface area contributed by atoms with Crippen LogP contribution in [0.25, 0.3) is 0 Å². The Hall–Kier alpha value is -1.65. The van der Waals surface area contributed by atoms with Crippen LogP contribution in [0.5, 0.6) is 0 Å². The van der Waals surface area contributed by atoms with E-state index < -0.39 is 0 Å². The standard InChI is InChI=1S/C15H16N2OS/c18-15(16-9-13-7-4-8-19-13)14-11-17(14)10-12-5-2-1-3-6-12/h1-8,14H,9-11H2,(H,16,18). The van der Waals surface area contributed by atoms with Crippen molar-refractivity contribution in [2.45, 2.75) is 19.1 Å². The summed E-state index contributed by atoms with van der Waals surface area (Å²) in [4.78, 5) is 15.3. The Kier molecular flexibility index (Phi) is 3.62. The fourth-order valence-corrected chi connectivity index (χ4v) is 2.77. The second-order valence-electron chi connectivity index (χ2n) is 4.73. The Morgan fingerprint density at radius 3 is 2.84 bits per heavy atom. The average molecular weight is 272 g/mol. The number of nitrogens with one attached hydrogen (secondary N) is 1. The van der Waals surface area contributed by atoms with Gasteiger partial charge >= 0.3 is 0 Å². The van der Waals surface area contributed by atoms with Gasteiger partial charge in [-0.25, -0.2) is 0 Å². The molecule has 3 rings (SSSR count). The van der Waals surface area contributed by atoms with Crippen LogP contribution in [0.1, 0.15) is 10.4 Å². The second-order valence-corrected chi connectivity index (χ2v) is 5.76. The summed E-state index contributed by atoms with van der Waals surface area (Å²) < 4.78 is 0. The number of benzene rings is 1. The molecule has 1 aromatic heterocycles. The molecule has 0 bridgehead atoms. The third-order valence-corrected chi connectivity index (χ3v) is 4.14. The summed E-state index contributed by atoms with van der Waals surface area (Å²) in [6.07, 6.45) is 0. The molecule has 2 unspecified atom stereocenters. The first-order chi connectivity index (χ1) is 9.33. The molecular weight excluding hydrogens is 256 g/mol. The molecule has 0 aliphatic carbocycles. The van der Waals surface area contributed by atoms with Gasteiger partial charge in [-0.15, -0.1) is 11.3 Å². The summed E-state index contributed by atoms with van der Waals surface area (Å²) in [5, 5.41) is 5.02. The molecule has 4 heteroatoms. The van der Waals surface area contributed by atoms with Crippen LogP contribution in [0.3, 0.4) is 0 Å². The molecule has 0 spiro atoms. The summed E-state index contributed by atoms with van der Waals surface area (Å²) in [6.45, 7) is 2.37. The molecule has 98 valence electrons. The average Bonchev–Trinajstić information content (AvgIpc) is 3.01. The minimum atomic E-state index is 0.0557. The van der Waals surface area contributed by atoms with E-state index in [1.807, 2.05) is 35.7 Å². The fraction of sp³-hybridized carbons (Fsp3) is 0.267. The summed E-state index contributed by atoms with van der Waals surface area (Å²) in [5.41, 5.74) is 1.26. The molecule has 2 atom stereocenters. The van der Waals surface area contributed by atoms with Gasteiger partial charge in [-0.2, -0.15) is 0 Å². The highest BCUT2D eigenvalue weighted by molar-refractivity contribution is 7.09. The molecule has 2 aromatic rings. The molecule has 1 amide bonds. The van der Waals surface area contributed by atoms with Gasteiger partial charge in [-0.3, -0.25) is 9.69 Å². The SMILES string of the molecule is O=C(NCc1cccs1)C1CN1Cc1ccccc1. The zero-order valence-electron chi connectivity index (χ0n) is 10.6. The van der Waals surface area contributed by atoms with Crippen LogP contribution in [-0.2, 0) is 17.9 Å². The van der Waals surface area contributed by atoms with Gasteiger partial charge in [0.2, 0.25) is 5.91 Å². The highest BCUT2D eigenvalue weighted by Crippen LogP contribution is 2.21. The maximum atomic E-state index is 12.0. The lowest BCUT2D eigenvalue weighted by Crippen LogP contribution is -2.29. The molecule has 19 heavy (non-hydrogen) atoms. The van der Waals surface area contributed by atoms with Gasteiger partial charge < -0.3 is 5.32 Å². The predicted octanol–water partition coefficient (Wildman–Crippen LogP) is 2.25. The molecular formula is C15H16N2OS. The van der Waals surface area contributed by atoms with E-state index in [2.05, 4.69) is 22.3 Å². The number of thiophene rings is 1. The largest absolute Gasteiger partial charge is 0.350 e. The van der Waals surface area contributed by atoms with Crippen molar-refractivity contribution in [2.24, 2.45) is 0 Å². The van der Waals surface area contributed by atoms with E-state index in [0.29, 0.717) is 6.54 Å². The number of hydrogen-bond donors (Lipinski definition) is 1. The number of carbonyl (C=O) groups is 1. The maximum absolute atomic E-state index is 12.0. The van der Waals surface area contributed by atoms with E-state index in [9.17, 15) is 4.79 Å². The highest BCUT2D eigenvalue weighted by Gasteiger charge is 2.39. The monoisotopic (exact) mass is 272 g/mol. The Morgan fingerprint density at radius 1 is 1.26 bits per heavy atom. The maximum Gasteiger partial charge on any atom is 0.238 e. The molecule has 1 aromatic carbocycles. The van der Waals surface area contributed by atoms with Crippen molar-refractivity contribution in [3.8, 4) is 0 Å². The zero-order chi connectivity index (χ0) is 13.1. The lowest BCUT2D eigenvalue weighted by Gasteiger charge is -2.05. The zero-order valence-corrected chi connectivity index (χ0v) is 11.4. The minimum Gasteiger partial charge on any atom is -0.350 e. The summed E-state index contributed by atoms with van der Waals surface area (Å²) in [7, 11) is 0. The van der Waals surface area contributed by atoms with E-state index >= 15 is 0 Å². The van der Waals surface area contributed by atoms with E-state index in [0.717, 1.165) is 13.1 Å². The molecule has 1 fully saturated rings. The van der Waals surface area contributed by atoms with Crippen molar-refractivity contribution >= 4 is 17.2 Å². The number of amides is 1. The van der Waals surface area contributed by atoms with Crippen LogP contribution < -0.4 is 5.32 Å². The van der Waals surface area contributed by atoms with Gasteiger partial charge in [0.05, 0.1) is 6.54 Å². The van der Waals surface area contributed by atoms with Crippen LogP contribution in [-0.4, -0.2) is 23.4 Å². The third-order valence-electron chi connectivity index (χ3n) is 3.26. The lowest BCUT2D eigenvalue weighted by atomic mass is 10.2. The molecule has 1 aliphatic rings.